The molecule has 1 N–H and O–H groups in total. The fraction of sp³-hybridized carbons (Fsp3) is 0.538. The topological polar surface area (TPSA) is 33.7 Å². The summed E-state index contributed by atoms with van der Waals surface area (Å²) < 4.78 is 10.6. The second-order valence-electron chi connectivity index (χ2n) is 3.99. The molecule has 0 saturated carbocycles. The van der Waals surface area contributed by atoms with E-state index in [1.165, 1.54) is 5.69 Å². The number of rotatable bonds is 5. The summed E-state index contributed by atoms with van der Waals surface area (Å²) in [5.74, 6) is 0.859. The largest absolute Gasteiger partial charge is 0.468 e. The van der Waals surface area contributed by atoms with E-state index >= 15 is 0 Å². The Morgan fingerprint density at radius 3 is 2.53 bits per heavy atom. The molecule has 94 valence electrons. The lowest BCUT2D eigenvalue weighted by Crippen LogP contribution is -2.43. The minimum absolute atomic E-state index is 0.323. The summed E-state index contributed by atoms with van der Waals surface area (Å²) in [7, 11) is 0. The van der Waals surface area contributed by atoms with Crippen molar-refractivity contribution >= 4 is 5.69 Å². The second kappa shape index (κ2) is 6.47. The molecule has 0 unspecified atom stereocenters. The Bertz CT molecular complexity index is 321. The normalized spacial score (nSPS) is 15.9. The third-order valence-corrected chi connectivity index (χ3v) is 2.83. The van der Waals surface area contributed by atoms with Crippen LogP contribution in [0.15, 0.2) is 24.3 Å². The molecule has 4 nitrogen and oxygen atoms in total. The zero-order chi connectivity index (χ0) is 11.9. The smallest absolute Gasteiger partial charge is 0.189 e. The van der Waals surface area contributed by atoms with Crippen LogP contribution in [0.25, 0.3) is 0 Å². The molecule has 1 heterocycles. The Morgan fingerprint density at radius 2 is 1.88 bits per heavy atom. The van der Waals surface area contributed by atoms with Gasteiger partial charge in [-0.3, -0.25) is 0 Å². The first-order valence-electron chi connectivity index (χ1n) is 6.16. The van der Waals surface area contributed by atoms with E-state index in [1.807, 2.05) is 19.1 Å². The summed E-state index contributed by atoms with van der Waals surface area (Å²) in [4.78, 5) is 2.38. The lowest BCUT2D eigenvalue weighted by molar-refractivity contribution is 0.0224. The van der Waals surface area contributed by atoms with Crippen LogP contribution in [0, 0.1) is 0 Å². The maximum absolute atomic E-state index is 5.44. The molecular formula is C13H20N2O2. The summed E-state index contributed by atoms with van der Waals surface area (Å²) in [6.07, 6.45) is 0. The van der Waals surface area contributed by atoms with Crippen LogP contribution in [0.4, 0.5) is 5.69 Å². The van der Waals surface area contributed by atoms with E-state index in [4.69, 9.17) is 9.47 Å². The van der Waals surface area contributed by atoms with E-state index in [2.05, 4.69) is 22.3 Å². The summed E-state index contributed by atoms with van der Waals surface area (Å²) in [5.41, 5.74) is 1.26. The van der Waals surface area contributed by atoms with Gasteiger partial charge in [0.25, 0.3) is 0 Å². The molecule has 0 atom stereocenters. The van der Waals surface area contributed by atoms with Crippen molar-refractivity contribution in [3.63, 3.8) is 0 Å². The lowest BCUT2D eigenvalue weighted by Gasteiger charge is -2.29. The van der Waals surface area contributed by atoms with Crippen molar-refractivity contribution < 1.29 is 9.47 Å². The molecule has 1 saturated heterocycles. The fourth-order valence-electron chi connectivity index (χ4n) is 1.87. The van der Waals surface area contributed by atoms with Crippen LogP contribution in [-0.2, 0) is 4.74 Å². The van der Waals surface area contributed by atoms with Gasteiger partial charge in [0.2, 0.25) is 0 Å². The van der Waals surface area contributed by atoms with E-state index in [0.29, 0.717) is 13.4 Å². The minimum Gasteiger partial charge on any atom is -0.468 e. The van der Waals surface area contributed by atoms with Gasteiger partial charge in [-0.2, -0.15) is 0 Å². The average Bonchev–Trinajstić information content (AvgIpc) is 2.41. The van der Waals surface area contributed by atoms with E-state index < -0.39 is 0 Å². The first-order valence-corrected chi connectivity index (χ1v) is 6.16. The van der Waals surface area contributed by atoms with Gasteiger partial charge in [-0.1, -0.05) is 0 Å². The number of hydrogen-bond donors (Lipinski definition) is 1. The number of anilines is 1. The molecule has 1 fully saturated rings. The number of hydrogen-bond acceptors (Lipinski definition) is 4. The maximum atomic E-state index is 5.44. The molecule has 1 aromatic carbocycles. The standard InChI is InChI=1S/C13H20N2O2/c1-2-16-11-17-13-5-3-12(4-6-13)15-9-7-14-8-10-15/h3-6,14H,2,7-11H2,1H3. The summed E-state index contributed by atoms with van der Waals surface area (Å²) in [6.45, 7) is 7.21. The summed E-state index contributed by atoms with van der Waals surface area (Å²) >= 11 is 0. The van der Waals surface area contributed by atoms with E-state index in [0.717, 1.165) is 31.9 Å². The van der Waals surface area contributed by atoms with Gasteiger partial charge in [0.05, 0.1) is 0 Å². The number of piperazine rings is 1. The van der Waals surface area contributed by atoms with Crippen molar-refractivity contribution in [2.24, 2.45) is 0 Å². The van der Waals surface area contributed by atoms with Crippen LogP contribution in [0.5, 0.6) is 5.75 Å². The van der Waals surface area contributed by atoms with E-state index in [1.54, 1.807) is 0 Å². The third-order valence-electron chi connectivity index (χ3n) is 2.83. The molecule has 0 amide bonds. The average molecular weight is 236 g/mol. The Balaban J connectivity index is 1.88. The molecule has 0 spiro atoms. The fourth-order valence-corrected chi connectivity index (χ4v) is 1.87. The molecule has 1 aliphatic heterocycles. The predicted molar refractivity (Wildman–Crippen MR) is 68.6 cm³/mol. The van der Waals surface area contributed by atoms with Gasteiger partial charge >= 0.3 is 0 Å². The molecule has 17 heavy (non-hydrogen) atoms. The highest BCUT2D eigenvalue weighted by molar-refractivity contribution is 5.49. The molecular weight excluding hydrogens is 216 g/mol. The molecule has 0 bridgehead atoms. The molecule has 0 aliphatic carbocycles. The van der Waals surface area contributed by atoms with Crippen molar-refractivity contribution in [3.8, 4) is 5.75 Å². The summed E-state index contributed by atoms with van der Waals surface area (Å²) in [6, 6.07) is 8.20. The van der Waals surface area contributed by atoms with Gasteiger partial charge in [0.1, 0.15) is 5.75 Å². The van der Waals surface area contributed by atoms with Gasteiger partial charge in [-0.05, 0) is 31.2 Å². The lowest BCUT2D eigenvalue weighted by atomic mass is 10.2. The van der Waals surface area contributed by atoms with Crippen LogP contribution < -0.4 is 15.0 Å². The quantitative estimate of drug-likeness (QED) is 0.620. The minimum atomic E-state index is 0.323. The van der Waals surface area contributed by atoms with Crippen molar-refractivity contribution in [2.45, 2.75) is 6.92 Å². The first-order chi connectivity index (χ1) is 8.40. The van der Waals surface area contributed by atoms with Crippen molar-refractivity contribution in [2.75, 3.05) is 44.5 Å². The summed E-state index contributed by atoms with van der Waals surface area (Å²) in [5, 5.41) is 3.35. The van der Waals surface area contributed by atoms with Gasteiger partial charge in [-0.25, -0.2) is 0 Å². The van der Waals surface area contributed by atoms with Crippen LogP contribution in [-0.4, -0.2) is 39.6 Å². The van der Waals surface area contributed by atoms with Crippen molar-refractivity contribution in [3.05, 3.63) is 24.3 Å². The van der Waals surface area contributed by atoms with Gasteiger partial charge in [-0.15, -0.1) is 0 Å². The third kappa shape index (κ3) is 3.61. The Kier molecular flexibility index (Phi) is 4.64. The van der Waals surface area contributed by atoms with Crippen LogP contribution >= 0.6 is 0 Å². The molecule has 2 rings (SSSR count). The van der Waals surface area contributed by atoms with Gasteiger partial charge in [0, 0.05) is 38.5 Å². The van der Waals surface area contributed by atoms with Crippen molar-refractivity contribution in [1.29, 1.82) is 0 Å². The zero-order valence-corrected chi connectivity index (χ0v) is 10.3. The number of ether oxygens (including phenoxy) is 2. The Hall–Kier alpha value is -1.26. The first kappa shape index (κ1) is 12.2. The number of nitrogens with one attached hydrogen (secondary N) is 1. The second-order valence-corrected chi connectivity index (χ2v) is 3.99. The van der Waals surface area contributed by atoms with Crippen LogP contribution in [0.2, 0.25) is 0 Å². The van der Waals surface area contributed by atoms with Crippen LogP contribution in [0.1, 0.15) is 6.92 Å². The highest BCUT2D eigenvalue weighted by Gasteiger charge is 2.09. The Morgan fingerprint density at radius 1 is 1.18 bits per heavy atom. The zero-order valence-electron chi connectivity index (χ0n) is 10.3. The van der Waals surface area contributed by atoms with Crippen molar-refractivity contribution in [1.82, 2.24) is 5.32 Å². The number of benzene rings is 1. The van der Waals surface area contributed by atoms with Crippen LogP contribution in [0.3, 0.4) is 0 Å². The molecule has 1 aromatic rings. The highest BCUT2D eigenvalue weighted by Crippen LogP contribution is 2.19. The molecule has 0 aromatic heterocycles. The van der Waals surface area contributed by atoms with Gasteiger partial charge in [0.15, 0.2) is 6.79 Å². The predicted octanol–water partition coefficient (Wildman–Crippen LogP) is 1.47. The highest BCUT2D eigenvalue weighted by atomic mass is 16.7. The molecule has 4 heteroatoms. The van der Waals surface area contributed by atoms with E-state index in [-0.39, 0.29) is 0 Å². The Labute approximate surface area is 103 Å². The maximum Gasteiger partial charge on any atom is 0.189 e. The monoisotopic (exact) mass is 236 g/mol. The SMILES string of the molecule is CCOCOc1ccc(N2CCNCC2)cc1. The molecule has 0 radical (unpaired) electrons. The van der Waals surface area contributed by atoms with Gasteiger partial charge < -0.3 is 19.7 Å². The van der Waals surface area contributed by atoms with E-state index in [9.17, 15) is 0 Å². The molecule has 1 aliphatic rings. The number of nitrogens with zero attached hydrogens (tertiary/aromatic N) is 1.